The minimum atomic E-state index is -4.44. The Morgan fingerprint density at radius 2 is 1.57 bits per heavy atom. The third-order valence-electron chi connectivity index (χ3n) is 1.17. The summed E-state index contributed by atoms with van der Waals surface area (Å²) in [5, 5.41) is 0. The average molecular weight is 219 g/mol. The van der Waals surface area contributed by atoms with E-state index in [2.05, 4.69) is 13.2 Å². The molecule has 0 aliphatic rings. The smallest absolute Gasteiger partial charge is 0.283 e. The van der Waals surface area contributed by atoms with Crippen molar-refractivity contribution >= 4 is 21.9 Å². The topological polar surface area (TPSA) is 91.8 Å². The molecule has 0 aromatic heterocycles. The molecule has 0 aliphatic carbocycles. The van der Waals surface area contributed by atoms with Gasteiger partial charge in [0, 0.05) is 0 Å². The lowest BCUT2D eigenvalue weighted by Gasteiger charge is -2.14. The van der Waals surface area contributed by atoms with Crippen LogP contribution < -0.4 is 0 Å². The van der Waals surface area contributed by atoms with Crippen LogP contribution >= 0.6 is 0 Å². The molecule has 0 fully saturated rings. The summed E-state index contributed by atoms with van der Waals surface area (Å²) in [5.74, 6) is -2.96. The van der Waals surface area contributed by atoms with Gasteiger partial charge in [-0.3, -0.25) is 19.0 Å². The van der Waals surface area contributed by atoms with Gasteiger partial charge in [-0.2, -0.15) is 8.42 Å². The fourth-order valence-electron chi connectivity index (χ4n) is 0.619. The first-order valence-corrected chi connectivity index (χ1v) is 4.98. The van der Waals surface area contributed by atoms with Gasteiger partial charge < -0.3 is 0 Å². The van der Waals surface area contributed by atoms with Gasteiger partial charge in [0.15, 0.2) is 5.88 Å². The Balaban J connectivity index is 4.92. The van der Waals surface area contributed by atoms with E-state index in [0.29, 0.717) is 4.90 Å². The van der Waals surface area contributed by atoms with E-state index in [1.165, 1.54) is 0 Å². The lowest BCUT2D eigenvalue weighted by Crippen LogP contribution is -2.38. The highest BCUT2D eigenvalue weighted by Crippen LogP contribution is 1.97. The summed E-state index contributed by atoms with van der Waals surface area (Å²) in [7, 11) is -4.44. The van der Waals surface area contributed by atoms with Crippen LogP contribution in [0.25, 0.3) is 0 Å². The summed E-state index contributed by atoms with van der Waals surface area (Å²) >= 11 is 0. The number of rotatable bonds is 4. The van der Waals surface area contributed by atoms with Gasteiger partial charge in [0.25, 0.3) is 21.9 Å². The lowest BCUT2D eigenvalue weighted by molar-refractivity contribution is -0.137. The zero-order chi connectivity index (χ0) is 11.4. The predicted octanol–water partition coefficient (Wildman–Crippen LogP) is -0.441. The van der Waals surface area contributed by atoms with Gasteiger partial charge in [-0.25, -0.2) is 0 Å². The van der Waals surface area contributed by atoms with Crippen LogP contribution in [-0.4, -0.2) is 35.6 Å². The van der Waals surface area contributed by atoms with Crippen LogP contribution in [0.4, 0.5) is 0 Å². The second-order valence-electron chi connectivity index (χ2n) is 2.22. The van der Waals surface area contributed by atoms with Crippen LogP contribution in [0.3, 0.4) is 0 Å². The molecule has 2 amide bonds. The highest BCUT2D eigenvalue weighted by molar-refractivity contribution is 7.85. The van der Waals surface area contributed by atoms with E-state index < -0.39 is 27.8 Å². The standard InChI is InChI=1S/C7H9NO5S/c1-3-6(9)8(7(10)4-2)5-14(11,12)13/h3-4H,1-2,5H2,(H,11,12,13). The van der Waals surface area contributed by atoms with Crippen molar-refractivity contribution in [2.45, 2.75) is 0 Å². The van der Waals surface area contributed by atoms with Gasteiger partial charge in [0.05, 0.1) is 0 Å². The molecular formula is C7H9NO5S. The van der Waals surface area contributed by atoms with Crippen molar-refractivity contribution in [1.29, 1.82) is 0 Å². The average Bonchev–Trinajstić information content (AvgIpc) is 2.10. The fraction of sp³-hybridized carbons (Fsp3) is 0.143. The summed E-state index contributed by atoms with van der Waals surface area (Å²) in [6.45, 7) is 6.15. The number of carbonyl (C=O) groups excluding carboxylic acids is 2. The number of carbonyl (C=O) groups is 2. The summed E-state index contributed by atoms with van der Waals surface area (Å²) < 4.78 is 29.3. The summed E-state index contributed by atoms with van der Waals surface area (Å²) in [4.78, 5) is 22.2. The minimum Gasteiger partial charge on any atom is -0.284 e. The molecule has 0 atom stereocenters. The van der Waals surface area contributed by atoms with Crippen molar-refractivity contribution in [2.24, 2.45) is 0 Å². The van der Waals surface area contributed by atoms with Crippen LogP contribution in [0.15, 0.2) is 25.3 Å². The number of hydrogen-bond acceptors (Lipinski definition) is 4. The zero-order valence-electron chi connectivity index (χ0n) is 7.21. The maximum atomic E-state index is 11.0. The van der Waals surface area contributed by atoms with Crippen molar-refractivity contribution in [1.82, 2.24) is 4.90 Å². The Bertz CT molecular complexity index is 350. The van der Waals surface area contributed by atoms with E-state index in [4.69, 9.17) is 4.55 Å². The highest BCUT2D eigenvalue weighted by Gasteiger charge is 2.22. The Hall–Kier alpha value is -1.47. The molecule has 78 valence electrons. The number of hydrogen-bond donors (Lipinski definition) is 1. The van der Waals surface area contributed by atoms with Crippen molar-refractivity contribution in [3.05, 3.63) is 25.3 Å². The largest absolute Gasteiger partial charge is 0.284 e. The van der Waals surface area contributed by atoms with Crippen LogP contribution in [0.1, 0.15) is 0 Å². The second kappa shape index (κ2) is 4.68. The predicted molar refractivity (Wildman–Crippen MR) is 48.7 cm³/mol. The lowest BCUT2D eigenvalue weighted by atomic mass is 10.4. The van der Waals surface area contributed by atoms with Crippen molar-refractivity contribution in [3.8, 4) is 0 Å². The van der Waals surface area contributed by atoms with E-state index >= 15 is 0 Å². The molecule has 0 aliphatic heterocycles. The second-order valence-corrected chi connectivity index (χ2v) is 3.65. The first-order chi connectivity index (χ1) is 6.31. The molecule has 0 heterocycles. The molecule has 0 bridgehead atoms. The van der Waals surface area contributed by atoms with Gasteiger partial charge in [-0.15, -0.1) is 0 Å². The normalized spacial score (nSPS) is 10.4. The molecular weight excluding hydrogens is 210 g/mol. The SMILES string of the molecule is C=CC(=O)N(CS(=O)(=O)O)C(=O)C=C. The molecule has 0 aromatic rings. The molecule has 7 heteroatoms. The zero-order valence-corrected chi connectivity index (χ0v) is 8.03. The quantitative estimate of drug-likeness (QED) is 0.511. The summed E-state index contributed by atoms with van der Waals surface area (Å²) in [6, 6.07) is 0. The van der Waals surface area contributed by atoms with E-state index in [0.717, 1.165) is 12.2 Å². The molecule has 0 saturated heterocycles. The van der Waals surface area contributed by atoms with Gasteiger partial charge in [-0.05, 0) is 12.2 Å². The van der Waals surface area contributed by atoms with E-state index in [-0.39, 0.29) is 0 Å². The monoisotopic (exact) mass is 219 g/mol. The first kappa shape index (κ1) is 12.5. The Morgan fingerprint density at radius 3 is 1.79 bits per heavy atom. The minimum absolute atomic E-state index is 0.301. The van der Waals surface area contributed by atoms with Crippen molar-refractivity contribution in [2.75, 3.05) is 5.88 Å². The summed E-state index contributed by atoms with van der Waals surface area (Å²) in [5.41, 5.74) is 0. The van der Waals surface area contributed by atoms with Crippen LogP contribution in [0, 0.1) is 0 Å². The number of amides is 2. The molecule has 0 rings (SSSR count). The molecule has 6 nitrogen and oxygen atoms in total. The third kappa shape index (κ3) is 3.97. The van der Waals surface area contributed by atoms with E-state index in [9.17, 15) is 18.0 Å². The van der Waals surface area contributed by atoms with E-state index in [1.54, 1.807) is 0 Å². The molecule has 0 saturated carbocycles. The van der Waals surface area contributed by atoms with Crippen LogP contribution in [0.5, 0.6) is 0 Å². The molecule has 14 heavy (non-hydrogen) atoms. The molecule has 0 unspecified atom stereocenters. The summed E-state index contributed by atoms with van der Waals surface area (Å²) in [6.07, 6.45) is 1.51. The van der Waals surface area contributed by atoms with Crippen molar-refractivity contribution in [3.63, 3.8) is 0 Å². The molecule has 1 N–H and O–H groups in total. The number of nitrogens with zero attached hydrogens (tertiary/aromatic N) is 1. The fourth-order valence-corrected chi connectivity index (χ4v) is 1.20. The molecule has 0 radical (unpaired) electrons. The van der Waals surface area contributed by atoms with E-state index in [1.807, 2.05) is 0 Å². The van der Waals surface area contributed by atoms with Gasteiger partial charge in [0.2, 0.25) is 0 Å². The maximum absolute atomic E-state index is 11.0. The van der Waals surface area contributed by atoms with Gasteiger partial charge in [-0.1, -0.05) is 13.2 Å². The van der Waals surface area contributed by atoms with Crippen LogP contribution in [0.2, 0.25) is 0 Å². The molecule has 0 spiro atoms. The first-order valence-electron chi connectivity index (χ1n) is 3.37. The third-order valence-corrected chi connectivity index (χ3v) is 1.76. The van der Waals surface area contributed by atoms with Crippen LogP contribution in [-0.2, 0) is 19.7 Å². The Morgan fingerprint density at radius 1 is 1.21 bits per heavy atom. The molecule has 0 aromatic carbocycles. The number of imide groups is 1. The van der Waals surface area contributed by atoms with Gasteiger partial charge >= 0.3 is 0 Å². The Labute approximate surface area is 81.3 Å². The maximum Gasteiger partial charge on any atom is 0.283 e. The van der Waals surface area contributed by atoms with Gasteiger partial charge in [0.1, 0.15) is 0 Å². The van der Waals surface area contributed by atoms with Crippen molar-refractivity contribution < 1.29 is 22.6 Å². The Kier molecular flexibility index (Phi) is 4.19. The highest BCUT2D eigenvalue weighted by atomic mass is 32.2.